The Hall–Kier alpha value is -4.02. The predicted molar refractivity (Wildman–Crippen MR) is 146 cm³/mol. The summed E-state index contributed by atoms with van der Waals surface area (Å²) in [5.74, 6) is -3.31. The van der Waals surface area contributed by atoms with Crippen LogP contribution in [0.1, 0.15) is 30.8 Å². The summed E-state index contributed by atoms with van der Waals surface area (Å²) in [6.45, 7) is 3.79. The van der Waals surface area contributed by atoms with Crippen LogP contribution in [0.15, 0.2) is 71.5 Å². The van der Waals surface area contributed by atoms with Crippen molar-refractivity contribution in [3.8, 4) is 5.69 Å². The van der Waals surface area contributed by atoms with Crippen LogP contribution in [0.5, 0.6) is 0 Å². The van der Waals surface area contributed by atoms with Gasteiger partial charge >= 0.3 is 6.18 Å². The van der Waals surface area contributed by atoms with E-state index < -0.39 is 47.0 Å². The average molecular weight is 579 g/mol. The molecule has 11 heteroatoms. The van der Waals surface area contributed by atoms with Crippen LogP contribution in [0.25, 0.3) is 16.6 Å². The summed E-state index contributed by atoms with van der Waals surface area (Å²) in [4.78, 5) is 48.0. The van der Waals surface area contributed by atoms with Crippen molar-refractivity contribution in [3.05, 3.63) is 99.1 Å². The first-order valence-corrected chi connectivity index (χ1v) is 13.5. The molecule has 4 atom stereocenters. The maximum Gasteiger partial charge on any atom is 0.416 e. The Kier molecular flexibility index (Phi) is 5.37. The Morgan fingerprint density at radius 3 is 2.39 bits per heavy atom. The van der Waals surface area contributed by atoms with Crippen LogP contribution < -0.4 is 15.8 Å². The zero-order chi connectivity index (χ0) is 29.0. The Balaban J connectivity index is 1.51. The maximum atomic E-state index is 14.4. The lowest BCUT2D eigenvalue weighted by Gasteiger charge is -2.32. The second-order valence-corrected chi connectivity index (χ2v) is 11.4. The molecule has 3 aromatic carbocycles. The first-order chi connectivity index (χ1) is 19.5. The summed E-state index contributed by atoms with van der Waals surface area (Å²) >= 11 is 6.33. The van der Waals surface area contributed by atoms with Gasteiger partial charge in [-0.1, -0.05) is 55.8 Å². The quantitative estimate of drug-likeness (QED) is 0.337. The number of imide groups is 1. The standard InChI is InChI=1S/C30H22ClF3N4O3/c1-14(2)24-22-23(27(41)37(26(22)40)21-13-15(30(32,33)34)11-12-18(21)31)29(36-24)17-8-4-6-10-20(17)38-25(39)16-7-3-5-9-19(16)35-28(29)38/h3-14,22-24,36H,1-2H3/t22-,23-,24-,29-/m1/s1. The number of anilines is 1. The molecule has 2 saturated heterocycles. The fraction of sp³-hybridized carbons (Fsp3) is 0.267. The average Bonchev–Trinajstić information content (AvgIpc) is 3.52. The third-order valence-electron chi connectivity index (χ3n) is 8.53. The van der Waals surface area contributed by atoms with Crippen molar-refractivity contribution in [2.75, 3.05) is 4.90 Å². The molecule has 41 heavy (non-hydrogen) atoms. The van der Waals surface area contributed by atoms with Gasteiger partial charge in [-0.2, -0.15) is 13.2 Å². The van der Waals surface area contributed by atoms with Crippen molar-refractivity contribution in [3.63, 3.8) is 0 Å². The molecule has 0 saturated carbocycles. The zero-order valence-electron chi connectivity index (χ0n) is 21.7. The molecule has 7 rings (SSSR count). The van der Waals surface area contributed by atoms with Gasteiger partial charge in [-0.15, -0.1) is 0 Å². The molecule has 4 aromatic rings. The van der Waals surface area contributed by atoms with Crippen LogP contribution in [0.2, 0.25) is 5.02 Å². The predicted octanol–water partition coefficient (Wildman–Crippen LogP) is 5.05. The molecular weight excluding hydrogens is 557 g/mol. The number of rotatable bonds is 2. The highest BCUT2D eigenvalue weighted by Crippen LogP contribution is 2.57. The monoisotopic (exact) mass is 578 g/mol. The van der Waals surface area contributed by atoms with E-state index >= 15 is 0 Å². The molecule has 0 radical (unpaired) electrons. The van der Waals surface area contributed by atoms with Crippen LogP contribution in [0, 0.1) is 17.8 Å². The van der Waals surface area contributed by atoms with Crippen LogP contribution in [-0.4, -0.2) is 27.4 Å². The molecule has 2 amide bonds. The van der Waals surface area contributed by atoms with Crippen LogP contribution >= 0.6 is 11.6 Å². The second kappa shape index (κ2) is 8.50. The second-order valence-electron chi connectivity index (χ2n) is 11.0. The number of para-hydroxylation sites is 2. The zero-order valence-corrected chi connectivity index (χ0v) is 22.5. The minimum absolute atomic E-state index is 0.157. The van der Waals surface area contributed by atoms with Crippen molar-refractivity contribution >= 4 is 40.0 Å². The van der Waals surface area contributed by atoms with E-state index in [1.54, 1.807) is 48.5 Å². The van der Waals surface area contributed by atoms with Crippen molar-refractivity contribution in [1.82, 2.24) is 14.9 Å². The third kappa shape index (κ3) is 3.31. The molecule has 3 aliphatic rings. The van der Waals surface area contributed by atoms with Crippen molar-refractivity contribution < 1.29 is 22.8 Å². The van der Waals surface area contributed by atoms with Gasteiger partial charge in [0.05, 0.1) is 44.7 Å². The van der Waals surface area contributed by atoms with Gasteiger partial charge in [0.1, 0.15) is 11.4 Å². The summed E-state index contributed by atoms with van der Waals surface area (Å²) in [7, 11) is 0. The van der Waals surface area contributed by atoms with E-state index in [2.05, 4.69) is 5.32 Å². The Labute approximate surface area is 236 Å². The van der Waals surface area contributed by atoms with E-state index in [1.807, 2.05) is 13.8 Å². The van der Waals surface area contributed by atoms with Crippen LogP contribution in [-0.2, 0) is 21.3 Å². The van der Waals surface area contributed by atoms with Gasteiger partial charge in [0.15, 0.2) is 0 Å². The molecule has 4 heterocycles. The van der Waals surface area contributed by atoms with Gasteiger partial charge in [0.25, 0.3) is 5.56 Å². The first kappa shape index (κ1) is 25.9. The normalized spacial score (nSPS) is 25.0. The molecule has 0 bridgehead atoms. The van der Waals surface area contributed by atoms with Gasteiger partial charge in [-0.3, -0.25) is 24.3 Å². The number of aromatic nitrogens is 2. The van der Waals surface area contributed by atoms with Gasteiger partial charge in [-0.25, -0.2) is 9.88 Å². The smallest absolute Gasteiger partial charge is 0.296 e. The van der Waals surface area contributed by atoms with E-state index in [0.29, 0.717) is 22.2 Å². The van der Waals surface area contributed by atoms with Crippen LogP contribution in [0.3, 0.4) is 0 Å². The lowest BCUT2D eigenvalue weighted by atomic mass is 9.75. The number of hydrogen-bond donors (Lipinski definition) is 1. The van der Waals surface area contributed by atoms with E-state index in [0.717, 1.165) is 23.1 Å². The number of fused-ring (bicyclic) bond motifs is 8. The molecule has 1 N–H and O–H groups in total. The maximum absolute atomic E-state index is 14.4. The minimum Gasteiger partial charge on any atom is -0.296 e. The topological polar surface area (TPSA) is 84.3 Å². The fourth-order valence-electron chi connectivity index (χ4n) is 6.82. The number of hydrogen-bond acceptors (Lipinski definition) is 5. The lowest BCUT2D eigenvalue weighted by molar-refractivity contribution is -0.137. The van der Waals surface area contributed by atoms with Crippen molar-refractivity contribution in [1.29, 1.82) is 0 Å². The summed E-state index contributed by atoms with van der Waals surface area (Å²) in [5.41, 5.74) is -1.52. The summed E-state index contributed by atoms with van der Waals surface area (Å²) < 4.78 is 42.4. The molecule has 208 valence electrons. The lowest BCUT2D eigenvalue weighted by Crippen LogP contribution is -2.51. The molecule has 7 nitrogen and oxygen atoms in total. The minimum atomic E-state index is -4.71. The Morgan fingerprint density at radius 2 is 1.66 bits per heavy atom. The number of nitrogens with zero attached hydrogens (tertiary/aromatic N) is 3. The Morgan fingerprint density at radius 1 is 0.951 bits per heavy atom. The molecular formula is C30H22ClF3N4O3. The highest BCUT2D eigenvalue weighted by Gasteiger charge is 2.70. The highest BCUT2D eigenvalue weighted by molar-refractivity contribution is 6.36. The molecule has 3 aliphatic heterocycles. The number of amides is 2. The number of benzene rings is 3. The van der Waals surface area contributed by atoms with Crippen molar-refractivity contribution in [2.45, 2.75) is 31.6 Å². The fourth-order valence-corrected chi connectivity index (χ4v) is 7.02. The molecule has 1 spiro atoms. The largest absolute Gasteiger partial charge is 0.416 e. The Bertz CT molecular complexity index is 1870. The summed E-state index contributed by atoms with van der Waals surface area (Å²) in [6, 6.07) is 16.0. The third-order valence-corrected chi connectivity index (χ3v) is 8.85. The van der Waals surface area contributed by atoms with E-state index in [9.17, 15) is 27.6 Å². The van der Waals surface area contributed by atoms with E-state index in [4.69, 9.17) is 16.6 Å². The van der Waals surface area contributed by atoms with Gasteiger partial charge in [0, 0.05) is 11.6 Å². The highest BCUT2D eigenvalue weighted by atomic mass is 35.5. The SMILES string of the molecule is CC(C)[C@H]1N[C@]2(c3ccccc3-n3c2nc2ccccc2c3=O)[C@H]2C(=O)N(c3cc(C(F)(F)F)ccc3Cl)C(=O)[C@@H]12. The van der Waals surface area contributed by atoms with Crippen molar-refractivity contribution in [2.24, 2.45) is 17.8 Å². The van der Waals surface area contributed by atoms with E-state index in [1.165, 1.54) is 4.57 Å². The number of nitrogens with one attached hydrogen (secondary N) is 1. The van der Waals surface area contributed by atoms with Crippen LogP contribution in [0.4, 0.5) is 18.9 Å². The molecule has 2 fully saturated rings. The molecule has 0 aliphatic carbocycles. The number of alkyl halides is 3. The van der Waals surface area contributed by atoms with Gasteiger partial charge < -0.3 is 0 Å². The van der Waals surface area contributed by atoms with Gasteiger partial charge in [0.2, 0.25) is 11.8 Å². The summed E-state index contributed by atoms with van der Waals surface area (Å²) in [6.07, 6.45) is -4.71. The summed E-state index contributed by atoms with van der Waals surface area (Å²) in [5, 5.41) is 3.79. The molecule has 0 unspecified atom stereocenters. The number of carbonyl (C=O) groups excluding carboxylic acids is 2. The molecule has 1 aromatic heterocycles. The number of halogens is 4. The number of carbonyl (C=O) groups is 2. The van der Waals surface area contributed by atoms with Gasteiger partial charge in [-0.05, 0) is 42.3 Å². The first-order valence-electron chi connectivity index (χ1n) is 13.1. The van der Waals surface area contributed by atoms with E-state index in [-0.39, 0.29) is 28.0 Å².